The Balaban J connectivity index is 0.00000451. The zero-order chi connectivity index (χ0) is 33.7. The number of Topliss-reactive ketones (excluding diaryl/α,β-unsaturated/α-hetero) is 1. The van der Waals surface area contributed by atoms with Gasteiger partial charge < -0.3 is 29.7 Å². The molecule has 3 aromatic rings. The van der Waals surface area contributed by atoms with Gasteiger partial charge in [-0.3, -0.25) is 19.2 Å². The molecule has 0 radical (unpaired) electrons. The topological polar surface area (TPSA) is 143 Å². The number of aldehydes is 1. The first-order valence-corrected chi connectivity index (χ1v) is 15.8. The van der Waals surface area contributed by atoms with Crippen LogP contribution in [0.1, 0.15) is 99.4 Å². The van der Waals surface area contributed by atoms with E-state index >= 15 is 0 Å². The molecule has 1 saturated heterocycles. The van der Waals surface area contributed by atoms with Crippen LogP contribution in [-0.2, 0) is 25.5 Å². The Bertz CT molecular complexity index is 2060. The van der Waals surface area contributed by atoms with Crippen molar-refractivity contribution in [1.82, 2.24) is 15.0 Å². The third-order valence-corrected chi connectivity index (χ3v) is 9.59. The van der Waals surface area contributed by atoms with Crippen LogP contribution in [0.25, 0.3) is 35.2 Å². The van der Waals surface area contributed by atoms with E-state index in [-0.39, 0.29) is 53.9 Å². The number of methoxy groups -OCH3 is 1. The fourth-order valence-corrected chi connectivity index (χ4v) is 7.10. The maximum atomic E-state index is 14.1. The number of hydrogen-bond acceptors (Lipinski definition) is 6. The second-order valence-corrected chi connectivity index (χ2v) is 12.0. The number of aromatic nitrogens is 3. The molecule has 0 saturated carbocycles. The number of esters is 2. The molecule has 8 bridgehead atoms. The molecule has 3 atom stereocenters. The van der Waals surface area contributed by atoms with Crippen LogP contribution in [-0.4, -0.2) is 60.8 Å². The Morgan fingerprint density at radius 1 is 0.979 bits per heavy atom. The summed E-state index contributed by atoms with van der Waals surface area (Å²) in [6, 6.07) is 0. The van der Waals surface area contributed by atoms with Crippen molar-refractivity contribution in [1.29, 1.82) is 0 Å². The van der Waals surface area contributed by atoms with Gasteiger partial charge in [0.05, 0.1) is 13.7 Å². The molecule has 0 unspecified atom stereocenters. The zero-order valence-corrected chi connectivity index (χ0v) is 29.5. The summed E-state index contributed by atoms with van der Waals surface area (Å²) in [4.78, 5) is 67.0. The van der Waals surface area contributed by atoms with Gasteiger partial charge in [0.15, 0.2) is 5.78 Å². The molecule has 10 nitrogen and oxygen atoms in total. The van der Waals surface area contributed by atoms with Crippen LogP contribution in [0.4, 0.5) is 0 Å². The molecule has 244 valence electrons. The Kier molecular flexibility index (Phi) is 9.93. The summed E-state index contributed by atoms with van der Waals surface area (Å²) in [6.07, 6.45) is 9.08. The number of rotatable bonds is 8. The average molecular weight is 657 g/mol. The van der Waals surface area contributed by atoms with Gasteiger partial charge in [0, 0.05) is 17.5 Å². The minimum Gasteiger partial charge on any atom is -0.664 e. The predicted molar refractivity (Wildman–Crippen MR) is 182 cm³/mol. The molecular formula is C37H36MgN4O6-2. The molecule has 1 fully saturated rings. The summed E-state index contributed by atoms with van der Waals surface area (Å²) < 4.78 is 10.4. The van der Waals surface area contributed by atoms with Crippen molar-refractivity contribution in [2.75, 3.05) is 13.7 Å². The number of carbonyl (C=O) groups excluding carboxylic acids is 4. The molecule has 0 spiro atoms. The van der Waals surface area contributed by atoms with Gasteiger partial charge in [-0.2, -0.15) is 11.4 Å². The van der Waals surface area contributed by atoms with E-state index in [0.29, 0.717) is 80.0 Å². The first-order valence-electron chi connectivity index (χ1n) is 15.8. The molecule has 1 aliphatic carbocycles. The minimum absolute atomic E-state index is 0. The molecule has 0 aromatic carbocycles. The van der Waals surface area contributed by atoms with Crippen LogP contribution in [0.5, 0.6) is 0 Å². The number of nitrogens with zero attached hydrogens (tertiary/aromatic N) is 4. The standard InChI is InChI=1S/C37H37N4O6.Mg/c1-8-20-17(4)24-13-25-18(5)22(11-12-30(43)47-10-3)34(40-25)32-33(37(45)46-7)36(44)31-19(6)26(41-35(31)32)14-28-21(9-2)23(16-42)29(39-28)15-27(20)38-24;/h8,13-16,18,22,33H,1,9-12H2,2-7H3,(H-,40,41,42,44);/q-3;+2/p-1/b25-13+,29-15+;/t18-,22-,33+;/m0./s1. The van der Waals surface area contributed by atoms with E-state index in [1.54, 1.807) is 32.1 Å². The smallest absolute Gasteiger partial charge is 0.664 e. The molecule has 48 heavy (non-hydrogen) atoms. The summed E-state index contributed by atoms with van der Waals surface area (Å²) in [5, 5.41) is 6.14. The monoisotopic (exact) mass is 656 g/mol. The minimum atomic E-state index is -1.25. The summed E-state index contributed by atoms with van der Waals surface area (Å²) in [5.41, 5.74) is 7.61. The summed E-state index contributed by atoms with van der Waals surface area (Å²) >= 11 is 0. The summed E-state index contributed by atoms with van der Waals surface area (Å²) in [7, 11) is 1.25. The molecular weight excluding hydrogens is 621 g/mol. The first kappa shape index (κ1) is 35.0. The average Bonchev–Trinajstić information content (AvgIpc) is 3.80. The van der Waals surface area contributed by atoms with Gasteiger partial charge >= 0.3 is 35.0 Å². The second-order valence-electron chi connectivity index (χ2n) is 12.0. The van der Waals surface area contributed by atoms with E-state index in [9.17, 15) is 19.2 Å². The van der Waals surface area contributed by atoms with E-state index < -0.39 is 17.7 Å². The van der Waals surface area contributed by atoms with Crippen molar-refractivity contribution in [3.8, 4) is 0 Å². The number of hydrogen-bond donors (Lipinski definition) is 0. The van der Waals surface area contributed by atoms with E-state index in [1.165, 1.54) is 7.11 Å². The maximum absolute atomic E-state index is 14.1. The normalized spacial score (nSPS) is 23.1. The van der Waals surface area contributed by atoms with Crippen molar-refractivity contribution >= 4 is 76.9 Å². The number of ketones is 1. The van der Waals surface area contributed by atoms with Crippen molar-refractivity contribution in [3.05, 3.63) is 90.1 Å². The number of carbonyl (C=O) groups is 4. The number of ether oxygens (including phenoxy) is 2. The number of allylic oxidation sites excluding steroid dienone is 2. The van der Waals surface area contributed by atoms with Gasteiger partial charge in [-0.1, -0.05) is 67.0 Å². The van der Waals surface area contributed by atoms with Gasteiger partial charge in [-0.05, 0) is 51.0 Å². The molecule has 0 amide bonds. The van der Waals surface area contributed by atoms with E-state index in [2.05, 4.69) is 6.58 Å². The molecule has 5 heterocycles. The van der Waals surface area contributed by atoms with E-state index in [0.717, 1.165) is 23.0 Å². The van der Waals surface area contributed by atoms with Crippen LogP contribution in [0, 0.1) is 31.6 Å². The fourth-order valence-electron chi connectivity index (χ4n) is 7.10. The zero-order valence-electron chi connectivity index (χ0n) is 28.1. The quantitative estimate of drug-likeness (QED) is 0.154. The Labute approximate surface area is 295 Å². The van der Waals surface area contributed by atoms with E-state index in [1.807, 2.05) is 26.8 Å². The van der Waals surface area contributed by atoms with Gasteiger partial charge in [-0.15, -0.1) is 33.5 Å². The van der Waals surface area contributed by atoms with Gasteiger partial charge in [-0.25, -0.2) is 0 Å². The van der Waals surface area contributed by atoms with E-state index in [4.69, 9.17) is 29.7 Å². The summed E-state index contributed by atoms with van der Waals surface area (Å²) in [6.45, 7) is 13.7. The maximum Gasteiger partial charge on any atom is 2.00 e. The molecule has 2 aliphatic heterocycles. The Morgan fingerprint density at radius 2 is 1.69 bits per heavy atom. The van der Waals surface area contributed by atoms with Crippen molar-refractivity contribution < 1.29 is 28.7 Å². The van der Waals surface area contributed by atoms with Gasteiger partial charge in [0.25, 0.3) is 0 Å². The summed E-state index contributed by atoms with van der Waals surface area (Å²) in [5.74, 6) is -3.22. The van der Waals surface area contributed by atoms with Crippen LogP contribution >= 0.6 is 0 Å². The van der Waals surface area contributed by atoms with Crippen molar-refractivity contribution in [2.45, 2.75) is 53.9 Å². The van der Waals surface area contributed by atoms with Crippen molar-refractivity contribution in [2.24, 2.45) is 17.8 Å². The Hall–Kier alpha value is -4.35. The molecule has 6 rings (SSSR count). The third kappa shape index (κ3) is 5.52. The molecule has 0 N–H and O–H groups in total. The third-order valence-electron chi connectivity index (χ3n) is 9.59. The van der Waals surface area contributed by atoms with Crippen LogP contribution < -0.4 is 25.7 Å². The van der Waals surface area contributed by atoms with Crippen LogP contribution in [0.3, 0.4) is 0 Å². The van der Waals surface area contributed by atoms with Crippen LogP contribution in [0.15, 0.2) is 18.0 Å². The second kappa shape index (κ2) is 13.6. The predicted octanol–water partition coefficient (Wildman–Crippen LogP) is 3.50. The first-order chi connectivity index (χ1) is 22.6. The SMILES string of the molecule is C=Cc1c2[n-]c(c1C)/C=C1/[N-]/C(=C3\c4[n-]c(c(C)c4C(=O)[C@@H]3C(=O)OC)/C=c3\[n-]/c(c(C=O)c3CC)=C/2)[C@@H](CCC(=O)OCC)[C@@H]1C.[Mg+2]. The van der Waals surface area contributed by atoms with Crippen molar-refractivity contribution in [3.63, 3.8) is 0 Å². The van der Waals surface area contributed by atoms with Gasteiger partial charge in [0.1, 0.15) is 12.2 Å². The molecule has 3 aromatic heterocycles. The number of fused-ring (bicyclic) bond motifs is 7. The van der Waals surface area contributed by atoms with Crippen LogP contribution in [0.2, 0.25) is 0 Å². The van der Waals surface area contributed by atoms with Gasteiger partial charge in [0.2, 0.25) is 0 Å². The molecule has 3 aliphatic rings. The molecule has 11 heteroatoms. The fraction of sp³-hybridized carbons (Fsp3) is 0.351. The Morgan fingerprint density at radius 3 is 2.33 bits per heavy atom. The largest absolute Gasteiger partial charge is 2.00 e.